The number of sulfonamides is 1. The lowest BCUT2D eigenvalue weighted by atomic mass is 9.63. The number of hydrogen-bond acceptors (Lipinski definition) is 9. The molecule has 1 spiro atoms. The third kappa shape index (κ3) is 7.00. The number of anilines is 1. The largest absolute Gasteiger partial charge is 0.490 e. The Kier molecular flexibility index (Phi) is 10.4. The molecule has 54 heavy (non-hydrogen) atoms. The van der Waals surface area contributed by atoms with Crippen molar-refractivity contribution in [2.75, 3.05) is 77.6 Å². The van der Waals surface area contributed by atoms with Crippen LogP contribution in [0.15, 0.2) is 48.6 Å². The van der Waals surface area contributed by atoms with Gasteiger partial charge in [-0.25, -0.2) is 13.1 Å². The van der Waals surface area contributed by atoms with Gasteiger partial charge in [-0.1, -0.05) is 36.7 Å². The topological polar surface area (TPSA) is 101 Å². The van der Waals surface area contributed by atoms with Crippen molar-refractivity contribution in [3.63, 3.8) is 0 Å². The molecule has 6 aliphatic rings. The van der Waals surface area contributed by atoms with E-state index < -0.39 is 26.8 Å². The van der Waals surface area contributed by atoms with Gasteiger partial charge >= 0.3 is 0 Å². The van der Waals surface area contributed by atoms with E-state index in [1.807, 2.05) is 32.2 Å². The molecule has 12 heteroatoms. The number of nitrogens with one attached hydrogen (secondary N) is 1. The molecule has 2 aromatic rings. The summed E-state index contributed by atoms with van der Waals surface area (Å²) in [7, 11) is -2.10. The maximum Gasteiger partial charge on any atom is 0.264 e. The number of amides is 1. The number of carbonyl (C=O) groups is 1. The quantitative estimate of drug-likeness (QED) is 0.394. The Hall–Kier alpha value is -2.67. The molecule has 6 atom stereocenters. The van der Waals surface area contributed by atoms with E-state index in [0.717, 1.165) is 102 Å². The summed E-state index contributed by atoms with van der Waals surface area (Å²) in [5.74, 6) is 0.467. The van der Waals surface area contributed by atoms with E-state index in [4.69, 9.17) is 25.8 Å². The summed E-state index contributed by atoms with van der Waals surface area (Å²) in [6.45, 7) is 14.2. The predicted octanol–water partition coefficient (Wildman–Crippen LogP) is 5.68. The number of allylic oxidation sites excluding steroid dienone is 1. The van der Waals surface area contributed by atoms with Gasteiger partial charge in [0.05, 0.1) is 36.3 Å². The fourth-order valence-corrected chi connectivity index (χ4v) is 11.7. The average Bonchev–Trinajstić information content (AvgIpc) is 3.28. The Labute approximate surface area is 326 Å². The molecule has 1 saturated carbocycles. The van der Waals surface area contributed by atoms with Crippen molar-refractivity contribution in [1.29, 1.82) is 0 Å². The van der Waals surface area contributed by atoms with E-state index in [9.17, 15) is 13.2 Å². The lowest BCUT2D eigenvalue weighted by Gasteiger charge is -2.54. The second-order valence-electron chi connectivity index (χ2n) is 17.4. The smallest absolute Gasteiger partial charge is 0.264 e. The molecule has 0 aromatic heterocycles. The van der Waals surface area contributed by atoms with Crippen LogP contribution < -0.4 is 14.4 Å². The van der Waals surface area contributed by atoms with E-state index in [1.165, 1.54) is 11.1 Å². The molecule has 2 aliphatic carbocycles. The van der Waals surface area contributed by atoms with E-state index in [1.54, 1.807) is 13.0 Å². The lowest BCUT2D eigenvalue weighted by Crippen LogP contribution is -2.66. The molecule has 2 bridgehead atoms. The summed E-state index contributed by atoms with van der Waals surface area (Å²) in [4.78, 5) is 21.3. The summed E-state index contributed by atoms with van der Waals surface area (Å²) in [6.07, 6.45) is 10.1. The summed E-state index contributed by atoms with van der Waals surface area (Å²) >= 11 is 6.51. The van der Waals surface area contributed by atoms with E-state index in [-0.39, 0.29) is 22.8 Å². The van der Waals surface area contributed by atoms with Gasteiger partial charge in [0.1, 0.15) is 11.4 Å². The lowest BCUT2D eigenvalue weighted by molar-refractivity contribution is -0.146. The third-order valence-electron chi connectivity index (χ3n) is 14.0. The van der Waals surface area contributed by atoms with Gasteiger partial charge < -0.3 is 19.1 Å². The first kappa shape index (κ1) is 38.2. The van der Waals surface area contributed by atoms with Gasteiger partial charge in [0.2, 0.25) is 10.0 Å². The van der Waals surface area contributed by atoms with Crippen LogP contribution in [0.4, 0.5) is 5.69 Å². The zero-order valence-corrected chi connectivity index (χ0v) is 33.9. The van der Waals surface area contributed by atoms with Crippen molar-refractivity contribution < 1.29 is 27.4 Å². The first-order valence-electron chi connectivity index (χ1n) is 20.0. The van der Waals surface area contributed by atoms with E-state index in [0.29, 0.717) is 30.3 Å². The fraction of sp³-hybridized carbons (Fsp3) is 0.643. The fourth-order valence-electron chi connectivity index (χ4n) is 10.2. The number of rotatable bonds is 4. The van der Waals surface area contributed by atoms with Crippen molar-refractivity contribution in [2.45, 2.75) is 81.1 Å². The van der Waals surface area contributed by atoms with Crippen LogP contribution in [0.2, 0.25) is 5.02 Å². The number of ether oxygens (including phenoxy) is 3. The van der Waals surface area contributed by atoms with Crippen molar-refractivity contribution in [3.8, 4) is 5.75 Å². The number of hydrogen-bond donors (Lipinski definition) is 1. The molecule has 1 N–H and O–H groups in total. The zero-order valence-electron chi connectivity index (χ0n) is 32.3. The molecule has 0 unspecified atom stereocenters. The summed E-state index contributed by atoms with van der Waals surface area (Å²) < 4.78 is 48.7. The van der Waals surface area contributed by atoms with Crippen LogP contribution in [0.1, 0.15) is 74.4 Å². The number of methoxy groups -OCH3 is 1. The molecule has 1 amide bonds. The van der Waals surface area contributed by atoms with Gasteiger partial charge in [0.25, 0.3) is 5.91 Å². The van der Waals surface area contributed by atoms with Gasteiger partial charge in [-0.2, -0.15) is 0 Å². The normalized spacial score (nSPS) is 34.6. The summed E-state index contributed by atoms with van der Waals surface area (Å²) in [6, 6.07) is 11.7. The zero-order chi connectivity index (χ0) is 37.9. The number of carbonyl (C=O) groups excluding carboxylic acids is 1. The van der Waals surface area contributed by atoms with Crippen LogP contribution >= 0.6 is 11.6 Å². The molecule has 0 radical (unpaired) electrons. The molecule has 8 rings (SSSR count). The Morgan fingerprint density at radius 2 is 1.83 bits per heavy atom. The highest BCUT2D eigenvalue weighted by Gasteiger charge is 2.50. The van der Waals surface area contributed by atoms with E-state index >= 15 is 0 Å². The number of aryl methyl sites for hydroxylation is 1. The van der Waals surface area contributed by atoms with Crippen molar-refractivity contribution in [1.82, 2.24) is 14.5 Å². The first-order chi connectivity index (χ1) is 25.8. The number of piperazine rings is 1. The molecule has 4 heterocycles. The number of halogens is 1. The summed E-state index contributed by atoms with van der Waals surface area (Å²) in [5, 5.41) is -0.0328. The second-order valence-corrected chi connectivity index (χ2v) is 19.9. The highest BCUT2D eigenvalue weighted by Crippen LogP contribution is 2.49. The molecule has 2 saturated heterocycles. The third-order valence-corrected chi connectivity index (χ3v) is 16.2. The van der Waals surface area contributed by atoms with Crippen LogP contribution in [0.5, 0.6) is 5.75 Å². The number of fused-ring (bicyclic) bond motifs is 4. The van der Waals surface area contributed by atoms with Crippen LogP contribution in [0, 0.1) is 17.8 Å². The number of benzene rings is 2. The molecular formula is C42H57ClN4O6S. The maximum absolute atomic E-state index is 13.7. The van der Waals surface area contributed by atoms with Gasteiger partial charge in [-0.05, 0) is 112 Å². The standard InChI is InChI=1S/C42H57ClN4O6S/c1-29-7-5-16-42(51-4,25-45-17-19-47(20-18-45)40(3)26-52-27-40)36-12-9-33(36)23-46-24-41(15-6-8-31-21-34(43)11-13-35(31)41)28-53-38-14-10-32(22-37(38)46)39(48)44-54(49,50)30(29)2/h5,10-11,13-14,16,21-22,29-30,33,36H,6-9,12,15,17-20,23-28H2,1-4H3,(H,44,48)/b16-5-/t29-,30+,33-,36+,41-,42+/m0/s1. The van der Waals surface area contributed by atoms with Crippen molar-refractivity contribution >= 4 is 33.2 Å². The Morgan fingerprint density at radius 1 is 1.04 bits per heavy atom. The van der Waals surface area contributed by atoms with Crippen LogP contribution in [0.3, 0.4) is 0 Å². The van der Waals surface area contributed by atoms with Crippen LogP contribution in [0.25, 0.3) is 0 Å². The Bertz CT molecular complexity index is 1880. The SMILES string of the molecule is CO[C@@]1(CN2CCN(C3(C)COC3)CC2)/C=C\C[C@H](C)[C@@H](C)S(=O)(=O)NC(=O)c2ccc3c(c2)N(C[C@@H]2CC[C@H]21)C[C@@]1(CCCc2cc(Cl)ccc21)CO3. The van der Waals surface area contributed by atoms with Crippen molar-refractivity contribution in [3.05, 3.63) is 70.3 Å². The van der Waals surface area contributed by atoms with Gasteiger partial charge in [-0.3, -0.25) is 14.6 Å². The monoisotopic (exact) mass is 780 g/mol. The minimum absolute atomic E-state index is 0.133. The molecule has 4 aliphatic heterocycles. The Morgan fingerprint density at radius 3 is 2.54 bits per heavy atom. The van der Waals surface area contributed by atoms with Gasteiger partial charge in [0.15, 0.2) is 0 Å². The predicted molar refractivity (Wildman–Crippen MR) is 212 cm³/mol. The molecular weight excluding hydrogens is 724 g/mol. The molecule has 3 fully saturated rings. The Balaban J connectivity index is 1.16. The maximum atomic E-state index is 13.7. The van der Waals surface area contributed by atoms with Crippen LogP contribution in [-0.2, 0) is 31.3 Å². The molecule has 10 nitrogen and oxygen atoms in total. The van der Waals surface area contributed by atoms with Gasteiger partial charge in [-0.15, -0.1) is 0 Å². The second kappa shape index (κ2) is 14.7. The minimum Gasteiger partial charge on any atom is -0.490 e. The van der Waals surface area contributed by atoms with Gasteiger partial charge in [0, 0.05) is 68.9 Å². The van der Waals surface area contributed by atoms with Crippen LogP contribution in [-0.4, -0.2) is 113 Å². The summed E-state index contributed by atoms with van der Waals surface area (Å²) in [5.41, 5.74) is 3.02. The highest BCUT2D eigenvalue weighted by atomic mass is 35.5. The first-order valence-corrected chi connectivity index (χ1v) is 21.9. The average molecular weight is 781 g/mol. The molecule has 294 valence electrons. The van der Waals surface area contributed by atoms with Crippen molar-refractivity contribution in [2.24, 2.45) is 17.8 Å². The molecule has 2 aromatic carbocycles. The minimum atomic E-state index is -3.96. The highest BCUT2D eigenvalue weighted by molar-refractivity contribution is 7.90. The number of nitrogens with zero attached hydrogens (tertiary/aromatic N) is 3. The van der Waals surface area contributed by atoms with E-state index in [2.05, 4.69) is 50.6 Å².